The topological polar surface area (TPSA) is 72.5 Å². The first-order chi connectivity index (χ1) is 12.3. The lowest BCUT2D eigenvalue weighted by Gasteiger charge is -2.17. The van der Waals surface area contributed by atoms with Crippen LogP contribution in [0.1, 0.15) is 23.7 Å². The van der Waals surface area contributed by atoms with Crippen LogP contribution in [0.4, 0.5) is 0 Å². The molecule has 5 nitrogen and oxygen atoms in total. The van der Waals surface area contributed by atoms with Crippen molar-refractivity contribution in [2.45, 2.75) is 23.8 Å². The van der Waals surface area contributed by atoms with Crippen LogP contribution in [0.2, 0.25) is 5.02 Å². The third kappa shape index (κ3) is 5.83. The Labute approximate surface area is 159 Å². The predicted molar refractivity (Wildman–Crippen MR) is 102 cm³/mol. The molecule has 1 atom stereocenters. The Bertz CT molecular complexity index is 850. The molecule has 0 saturated carbocycles. The molecule has 0 aliphatic heterocycles. The van der Waals surface area contributed by atoms with E-state index in [1.807, 2.05) is 18.2 Å². The van der Waals surface area contributed by atoms with Gasteiger partial charge in [0.15, 0.2) is 9.84 Å². The molecule has 1 N–H and O–H groups in total. The number of hydrogen-bond acceptors (Lipinski definition) is 4. The van der Waals surface area contributed by atoms with E-state index in [2.05, 4.69) is 5.32 Å². The van der Waals surface area contributed by atoms with Crippen LogP contribution in [-0.2, 0) is 25.8 Å². The SMILES string of the molecule is CO[C@@H](CNC(=O)CCc1ccc(S(C)(=O)=O)cc1)c1ccccc1Cl. The van der Waals surface area contributed by atoms with Crippen LogP contribution in [0.25, 0.3) is 0 Å². The minimum absolute atomic E-state index is 0.105. The standard InChI is InChI=1S/C19H22ClNO4S/c1-25-18(16-5-3-4-6-17(16)20)13-21-19(22)12-9-14-7-10-15(11-8-14)26(2,23)24/h3-8,10-11,18H,9,12-13H2,1-2H3,(H,21,22)/t18-/m0/s1. The molecule has 0 aromatic heterocycles. The maximum Gasteiger partial charge on any atom is 0.220 e. The molecule has 0 fully saturated rings. The van der Waals surface area contributed by atoms with E-state index in [0.29, 0.717) is 24.4 Å². The van der Waals surface area contributed by atoms with Crippen LogP contribution >= 0.6 is 11.6 Å². The molecule has 0 aliphatic rings. The maximum atomic E-state index is 12.1. The van der Waals surface area contributed by atoms with E-state index in [9.17, 15) is 13.2 Å². The van der Waals surface area contributed by atoms with Crippen LogP contribution < -0.4 is 5.32 Å². The van der Waals surface area contributed by atoms with Crippen molar-refractivity contribution in [2.24, 2.45) is 0 Å². The number of halogens is 1. The van der Waals surface area contributed by atoms with Gasteiger partial charge in [0.25, 0.3) is 0 Å². The Morgan fingerprint density at radius 1 is 1.15 bits per heavy atom. The minimum Gasteiger partial charge on any atom is -0.375 e. The van der Waals surface area contributed by atoms with E-state index in [-0.39, 0.29) is 16.9 Å². The van der Waals surface area contributed by atoms with Gasteiger partial charge in [-0.15, -0.1) is 0 Å². The summed E-state index contributed by atoms with van der Waals surface area (Å²) in [6.07, 6.45) is 1.68. The van der Waals surface area contributed by atoms with Crippen LogP contribution in [-0.4, -0.2) is 34.2 Å². The number of aryl methyl sites for hydroxylation is 1. The maximum absolute atomic E-state index is 12.1. The predicted octanol–water partition coefficient (Wildman–Crippen LogP) is 3.18. The van der Waals surface area contributed by atoms with Gasteiger partial charge < -0.3 is 10.1 Å². The van der Waals surface area contributed by atoms with Crippen LogP contribution in [0, 0.1) is 0 Å². The number of hydrogen-bond donors (Lipinski definition) is 1. The van der Waals surface area contributed by atoms with E-state index >= 15 is 0 Å². The van der Waals surface area contributed by atoms with Gasteiger partial charge in [-0.2, -0.15) is 0 Å². The molecule has 0 radical (unpaired) electrons. The van der Waals surface area contributed by atoms with Crippen molar-refractivity contribution in [3.63, 3.8) is 0 Å². The van der Waals surface area contributed by atoms with Gasteiger partial charge in [-0.1, -0.05) is 41.9 Å². The van der Waals surface area contributed by atoms with Gasteiger partial charge >= 0.3 is 0 Å². The molecule has 7 heteroatoms. The van der Waals surface area contributed by atoms with Gasteiger partial charge in [0.1, 0.15) is 6.10 Å². The molecule has 0 saturated heterocycles. The van der Waals surface area contributed by atoms with Crippen molar-refractivity contribution in [2.75, 3.05) is 19.9 Å². The van der Waals surface area contributed by atoms with Crippen LogP contribution in [0.3, 0.4) is 0 Å². The Kier molecular flexibility index (Phi) is 7.20. The Morgan fingerprint density at radius 2 is 1.81 bits per heavy atom. The molecule has 0 spiro atoms. The van der Waals surface area contributed by atoms with Crippen molar-refractivity contribution < 1.29 is 17.9 Å². The van der Waals surface area contributed by atoms with Crippen molar-refractivity contribution >= 4 is 27.3 Å². The molecule has 140 valence electrons. The lowest BCUT2D eigenvalue weighted by molar-refractivity contribution is -0.121. The molecule has 2 rings (SSSR count). The molecule has 0 bridgehead atoms. The summed E-state index contributed by atoms with van der Waals surface area (Å²) in [5.74, 6) is -0.105. The highest BCUT2D eigenvalue weighted by molar-refractivity contribution is 7.90. The number of benzene rings is 2. The lowest BCUT2D eigenvalue weighted by Crippen LogP contribution is -2.29. The highest BCUT2D eigenvalue weighted by atomic mass is 35.5. The molecular weight excluding hydrogens is 374 g/mol. The summed E-state index contributed by atoms with van der Waals surface area (Å²) < 4.78 is 28.3. The van der Waals surface area contributed by atoms with E-state index in [1.54, 1.807) is 37.4 Å². The van der Waals surface area contributed by atoms with Crippen molar-refractivity contribution in [3.05, 3.63) is 64.7 Å². The minimum atomic E-state index is -3.21. The van der Waals surface area contributed by atoms with Crippen LogP contribution in [0.15, 0.2) is 53.4 Å². The highest BCUT2D eigenvalue weighted by Crippen LogP contribution is 2.24. The highest BCUT2D eigenvalue weighted by Gasteiger charge is 2.15. The number of rotatable bonds is 8. The number of nitrogens with one attached hydrogen (secondary N) is 1. The molecule has 2 aromatic rings. The number of carbonyl (C=O) groups is 1. The summed E-state index contributed by atoms with van der Waals surface area (Å²) in [6, 6.07) is 13.9. The first-order valence-electron chi connectivity index (χ1n) is 8.14. The van der Waals surface area contributed by atoms with E-state index in [4.69, 9.17) is 16.3 Å². The fourth-order valence-corrected chi connectivity index (χ4v) is 3.40. The molecule has 0 aliphatic carbocycles. The smallest absolute Gasteiger partial charge is 0.220 e. The Hall–Kier alpha value is -1.89. The zero-order chi connectivity index (χ0) is 19.2. The van der Waals surface area contributed by atoms with Gasteiger partial charge in [-0.05, 0) is 30.2 Å². The van der Waals surface area contributed by atoms with Gasteiger partial charge in [-0.25, -0.2) is 8.42 Å². The summed E-state index contributed by atoms with van der Waals surface area (Å²) in [7, 11) is -1.63. The first-order valence-corrected chi connectivity index (χ1v) is 10.4. The fraction of sp³-hybridized carbons (Fsp3) is 0.316. The number of methoxy groups -OCH3 is 1. The van der Waals surface area contributed by atoms with E-state index in [1.165, 1.54) is 6.26 Å². The molecule has 1 amide bonds. The number of carbonyl (C=O) groups excluding carboxylic acids is 1. The fourth-order valence-electron chi connectivity index (χ4n) is 2.51. The largest absolute Gasteiger partial charge is 0.375 e. The Balaban J connectivity index is 1.86. The normalized spacial score (nSPS) is 12.6. The summed E-state index contributed by atoms with van der Waals surface area (Å²) in [6.45, 7) is 0.325. The first kappa shape index (κ1) is 20.4. The van der Waals surface area contributed by atoms with Crippen molar-refractivity contribution in [3.8, 4) is 0 Å². The van der Waals surface area contributed by atoms with Crippen molar-refractivity contribution in [1.29, 1.82) is 0 Å². The van der Waals surface area contributed by atoms with Gasteiger partial charge in [-0.3, -0.25) is 4.79 Å². The molecule has 2 aromatic carbocycles. The van der Waals surface area contributed by atoms with Gasteiger partial charge in [0.05, 0.1) is 4.90 Å². The number of ether oxygens (including phenoxy) is 1. The summed E-state index contributed by atoms with van der Waals surface area (Å²) in [5.41, 5.74) is 1.73. The summed E-state index contributed by atoms with van der Waals surface area (Å²) in [5, 5.41) is 3.44. The Morgan fingerprint density at radius 3 is 2.38 bits per heavy atom. The average molecular weight is 396 g/mol. The van der Waals surface area contributed by atoms with Gasteiger partial charge in [0, 0.05) is 36.9 Å². The zero-order valence-electron chi connectivity index (χ0n) is 14.7. The second-order valence-electron chi connectivity index (χ2n) is 5.97. The quantitative estimate of drug-likeness (QED) is 0.745. The second-order valence-corrected chi connectivity index (χ2v) is 8.39. The molecule has 0 unspecified atom stereocenters. The second kappa shape index (κ2) is 9.16. The molecular formula is C19H22ClNO4S. The molecule has 0 heterocycles. The number of amides is 1. The molecule has 26 heavy (non-hydrogen) atoms. The van der Waals surface area contributed by atoms with Crippen LogP contribution in [0.5, 0.6) is 0 Å². The van der Waals surface area contributed by atoms with Crippen molar-refractivity contribution in [1.82, 2.24) is 5.32 Å². The third-order valence-electron chi connectivity index (χ3n) is 4.01. The number of sulfone groups is 1. The third-order valence-corrected chi connectivity index (χ3v) is 5.49. The average Bonchev–Trinajstić information content (AvgIpc) is 2.61. The lowest BCUT2D eigenvalue weighted by atomic mass is 10.1. The zero-order valence-corrected chi connectivity index (χ0v) is 16.3. The summed E-state index contributed by atoms with van der Waals surface area (Å²) >= 11 is 6.16. The summed E-state index contributed by atoms with van der Waals surface area (Å²) in [4.78, 5) is 12.4. The van der Waals surface area contributed by atoms with Gasteiger partial charge in [0.2, 0.25) is 5.91 Å². The van der Waals surface area contributed by atoms with E-state index < -0.39 is 9.84 Å². The van der Waals surface area contributed by atoms with E-state index in [0.717, 1.165) is 11.1 Å². The monoisotopic (exact) mass is 395 g/mol.